The summed E-state index contributed by atoms with van der Waals surface area (Å²) in [5, 5.41) is 5.56. The summed E-state index contributed by atoms with van der Waals surface area (Å²) >= 11 is 7.64. The predicted molar refractivity (Wildman–Crippen MR) is 68.5 cm³/mol. The number of hydrogen-bond acceptors (Lipinski definition) is 4. The molecule has 2 heterocycles. The lowest BCUT2D eigenvalue weighted by Crippen LogP contribution is -1.98. The number of halogens is 1. The first-order chi connectivity index (χ1) is 8.10. The van der Waals surface area contributed by atoms with Gasteiger partial charge in [0.2, 0.25) is 0 Å². The highest BCUT2D eigenvalue weighted by molar-refractivity contribution is 7.99. The summed E-state index contributed by atoms with van der Waals surface area (Å²) in [6.07, 6.45) is 4.54. The maximum absolute atomic E-state index is 6.08. The van der Waals surface area contributed by atoms with Crippen molar-refractivity contribution in [3.8, 4) is 0 Å². The van der Waals surface area contributed by atoms with Gasteiger partial charge in [0.05, 0.1) is 11.1 Å². The fraction of sp³-hybridized carbons (Fsp3) is 0.364. The van der Waals surface area contributed by atoms with Crippen LogP contribution in [-0.4, -0.2) is 19.7 Å². The van der Waals surface area contributed by atoms with E-state index in [0.29, 0.717) is 5.15 Å². The Hall–Kier alpha value is -1.07. The highest BCUT2D eigenvalue weighted by atomic mass is 35.5. The smallest absolute Gasteiger partial charge is 0.136 e. The molecule has 0 fully saturated rings. The van der Waals surface area contributed by atoms with Gasteiger partial charge < -0.3 is 0 Å². The Morgan fingerprint density at radius 2 is 2.18 bits per heavy atom. The van der Waals surface area contributed by atoms with Gasteiger partial charge in [-0.15, -0.1) is 0 Å². The highest BCUT2D eigenvalue weighted by Gasteiger charge is 2.10. The molecule has 17 heavy (non-hydrogen) atoms. The molecule has 0 aliphatic rings. The van der Waals surface area contributed by atoms with Gasteiger partial charge in [0.1, 0.15) is 16.0 Å². The van der Waals surface area contributed by atoms with Gasteiger partial charge in [-0.05, 0) is 6.92 Å². The van der Waals surface area contributed by atoms with Crippen molar-refractivity contribution in [2.45, 2.75) is 30.2 Å². The van der Waals surface area contributed by atoms with Crippen LogP contribution >= 0.6 is 23.4 Å². The van der Waals surface area contributed by atoms with E-state index in [-0.39, 0.29) is 0 Å². The Balaban J connectivity index is 2.34. The first-order valence-electron chi connectivity index (χ1n) is 5.29. The maximum Gasteiger partial charge on any atom is 0.136 e. The molecule has 4 nitrogen and oxygen atoms in total. The lowest BCUT2D eigenvalue weighted by Gasteiger charge is -2.06. The average Bonchev–Trinajstić information content (AvgIpc) is 2.70. The number of rotatable bonds is 3. The molecule has 2 rings (SSSR count). The molecule has 90 valence electrons. The molecule has 0 radical (unpaired) electrons. The van der Waals surface area contributed by atoms with Crippen molar-refractivity contribution in [1.82, 2.24) is 19.7 Å². The summed E-state index contributed by atoms with van der Waals surface area (Å²) in [6.45, 7) is 3.94. The van der Waals surface area contributed by atoms with Crippen LogP contribution in [0, 0.1) is 6.92 Å². The topological polar surface area (TPSA) is 43.6 Å². The average molecular weight is 269 g/mol. The van der Waals surface area contributed by atoms with Crippen molar-refractivity contribution < 1.29 is 0 Å². The third-order valence-electron chi connectivity index (χ3n) is 2.30. The first kappa shape index (κ1) is 12.4. The van der Waals surface area contributed by atoms with Gasteiger partial charge in [-0.25, -0.2) is 9.97 Å². The molecule has 0 N–H and O–H groups in total. The lowest BCUT2D eigenvalue weighted by atomic mass is 10.3. The summed E-state index contributed by atoms with van der Waals surface area (Å²) in [4.78, 5) is 9.75. The fourth-order valence-corrected chi connectivity index (χ4v) is 2.50. The summed E-state index contributed by atoms with van der Waals surface area (Å²) in [7, 11) is 1.89. The first-order valence-corrected chi connectivity index (χ1v) is 6.49. The quantitative estimate of drug-likeness (QED) is 0.803. The van der Waals surface area contributed by atoms with E-state index in [1.165, 1.54) is 0 Å². The number of nitrogens with zero attached hydrogens (tertiary/aromatic N) is 4. The second kappa shape index (κ2) is 5.06. The van der Waals surface area contributed by atoms with E-state index in [0.717, 1.165) is 27.7 Å². The van der Waals surface area contributed by atoms with E-state index in [1.54, 1.807) is 16.4 Å². The SMILES string of the molecule is CCc1nc(Cl)c(C)c(Sc2cnn(C)c2)n1. The van der Waals surface area contributed by atoms with Crippen LogP contribution in [0.3, 0.4) is 0 Å². The molecular formula is C11H13ClN4S. The van der Waals surface area contributed by atoms with Crippen LogP contribution < -0.4 is 0 Å². The Morgan fingerprint density at radius 1 is 1.41 bits per heavy atom. The summed E-state index contributed by atoms with van der Waals surface area (Å²) in [5.74, 6) is 0.770. The van der Waals surface area contributed by atoms with Crippen molar-refractivity contribution in [1.29, 1.82) is 0 Å². The van der Waals surface area contributed by atoms with Crippen molar-refractivity contribution in [3.05, 3.63) is 28.9 Å². The van der Waals surface area contributed by atoms with Crippen LogP contribution in [0.15, 0.2) is 22.3 Å². The summed E-state index contributed by atoms with van der Waals surface area (Å²) in [5.41, 5.74) is 0.915. The van der Waals surface area contributed by atoms with Gasteiger partial charge in [0.15, 0.2) is 0 Å². The molecule has 0 amide bonds. The molecule has 0 unspecified atom stereocenters. The van der Waals surface area contributed by atoms with Gasteiger partial charge in [-0.3, -0.25) is 4.68 Å². The Kier molecular flexibility index (Phi) is 3.69. The van der Waals surface area contributed by atoms with Gasteiger partial charge in [-0.2, -0.15) is 5.10 Å². The Morgan fingerprint density at radius 3 is 2.76 bits per heavy atom. The van der Waals surface area contributed by atoms with Crippen molar-refractivity contribution >= 4 is 23.4 Å². The predicted octanol–water partition coefficient (Wildman–Crippen LogP) is 2.89. The summed E-state index contributed by atoms with van der Waals surface area (Å²) in [6, 6.07) is 0. The molecule has 0 bridgehead atoms. The molecule has 0 aliphatic carbocycles. The van der Waals surface area contributed by atoms with Gasteiger partial charge in [0, 0.05) is 25.2 Å². The Labute approximate surface area is 109 Å². The largest absolute Gasteiger partial charge is 0.275 e. The molecule has 6 heteroatoms. The zero-order chi connectivity index (χ0) is 12.4. The molecular weight excluding hydrogens is 256 g/mol. The van der Waals surface area contributed by atoms with Crippen LogP contribution in [0.1, 0.15) is 18.3 Å². The van der Waals surface area contributed by atoms with Crippen molar-refractivity contribution in [2.24, 2.45) is 7.05 Å². The minimum Gasteiger partial charge on any atom is -0.275 e. The molecule has 0 spiro atoms. The number of hydrogen-bond donors (Lipinski definition) is 0. The fourth-order valence-electron chi connectivity index (χ4n) is 1.33. The lowest BCUT2D eigenvalue weighted by molar-refractivity contribution is 0.766. The molecule has 0 aliphatic heterocycles. The zero-order valence-corrected chi connectivity index (χ0v) is 11.5. The molecule has 0 atom stereocenters. The van der Waals surface area contributed by atoms with E-state index in [4.69, 9.17) is 11.6 Å². The van der Waals surface area contributed by atoms with Crippen LogP contribution in [-0.2, 0) is 13.5 Å². The molecule has 0 saturated heterocycles. The number of aryl methyl sites for hydroxylation is 2. The van der Waals surface area contributed by atoms with Crippen LogP contribution in [0.2, 0.25) is 5.15 Å². The maximum atomic E-state index is 6.08. The molecule has 0 saturated carbocycles. The second-order valence-corrected chi connectivity index (χ2v) is 5.09. The van der Waals surface area contributed by atoms with Crippen LogP contribution in [0.25, 0.3) is 0 Å². The van der Waals surface area contributed by atoms with E-state index >= 15 is 0 Å². The minimum atomic E-state index is 0.531. The number of aromatic nitrogens is 4. The van der Waals surface area contributed by atoms with Gasteiger partial charge in [-0.1, -0.05) is 30.3 Å². The highest BCUT2D eigenvalue weighted by Crippen LogP contribution is 2.30. The monoisotopic (exact) mass is 268 g/mol. The van der Waals surface area contributed by atoms with E-state index in [2.05, 4.69) is 15.1 Å². The summed E-state index contributed by atoms with van der Waals surface area (Å²) < 4.78 is 1.77. The van der Waals surface area contributed by atoms with E-state index in [9.17, 15) is 0 Å². The normalized spacial score (nSPS) is 10.8. The van der Waals surface area contributed by atoms with Crippen LogP contribution in [0.5, 0.6) is 0 Å². The molecule has 2 aromatic rings. The van der Waals surface area contributed by atoms with Crippen molar-refractivity contribution in [2.75, 3.05) is 0 Å². The van der Waals surface area contributed by atoms with Gasteiger partial charge in [0.25, 0.3) is 0 Å². The second-order valence-electron chi connectivity index (χ2n) is 3.67. The third kappa shape index (κ3) is 2.79. The van der Waals surface area contributed by atoms with Crippen molar-refractivity contribution in [3.63, 3.8) is 0 Å². The van der Waals surface area contributed by atoms with E-state index < -0.39 is 0 Å². The molecule has 2 aromatic heterocycles. The van der Waals surface area contributed by atoms with E-state index in [1.807, 2.05) is 33.3 Å². The minimum absolute atomic E-state index is 0.531. The zero-order valence-electron chi connectivity index (χ0n) is 9.94. The van der Waals surface area contributed by atoms with Crippen LogP contribution in [0.4, 0.5) is 0 Å². The van der Waals surface area contributed by atoms with Gasteiger partial charge >= 0.3 is 0 Å². The Bertz CT molecular complexity index is 538. The standard InChI is InChI=1S/C11H13ClN4S/c1-4-9-14-10(12)7(2)11(15-9)17-8-5-13-16(3)6-8/h5-6H,4H2,1-3H3. The molecule has 0 aromatic carbocycles. The third-order valence-corrected chi connectivity index (χ3v) is 3.71.